The fourth-order valence-corrected chi connectivity index (χ4v) is 4.62. The molecule has 9 heteroatoms. The van der Waals surface area contributed by atoms with Crippen molar-refractivity contribution in [2.75, 3.05) is 0 Å². The lowest BCUT2D eigenvalue weighted by atomic mass is 9.86. The molecule has 1 aliphatic heterocycles. The Morgan fingerprint density at radius 3 is 2.45 bits per heavy atom. The lowest BCUT2D eigenvalue weighted by molar-refractivity contribution is 0.143. The molecule has 0 unspecified atom stereocenters. The molecule has 2 heterocycles. The van der Waals surface area contributed by atoms with Crippen molar-refractivity contribution in [2.24, 2.45) is 0 Å². The van der Waals surface area contributed by atoms with Crippen LogP contribution in [0.3, 0.4) is 0 Å². The number of fused-ring (bicyclic) bond motifs is 3. The molecule has 1 saturated carbocycles. The second-order valence-corrected chi connectivity index (χ2v) is 8.32. The third-order valence-electron chi connectivity index (χ3n) is 5.81. The van der Waals surface area contributed by atoms with Crippen LogP contribution < -0.4 is 10.1 Å². The van der Waals surface area contributed by atoms with Gasteiger partial charge in [0, 0.05) is 35.7 Å². The van der Waals surface area contributed by atoms with Crippen LogP contribution >= 0.6 is 24.0 Å². The van der Waals surface area contributed by atoms with Crippen molar-refractivity contribution >= 4 is 24.0 Å². The van der Waals surface area contributed by atoms with Gasteiger partial charge in [-0.2, -0.15) is 0 Å². The summed E-state index contributed by atoms with van der Waals surface area (Å²) in [6, 6.07) is 9.19. The normalized spacial score (nSPS) is 20.2. The summed E-state index contributed by atoms with van der Waals surface area (Å²) in [5, 5.41) is 13.0. The molecular weight excluding hydrogens is 445 g/mol. The van der Waals surface area contributed by atoms with Crippen molar-refractivity contribution in [2.45, 2.75) is 50.8 Å². The molecule has 3 aromatic rings. The maximum atomic E-state index is 13.4. The van der Waals surface area contributed by atoms with E-state index < -0.39 is 11.6 Å². The van der Waals surface area contributed by atoms with Crippen molar-refractivity contribution in [1.82, 2.24) is 20.1 Å². The second kappa shape index (κ2) is 9.10. The third-order valence-corrected chi connectivity index (χ3v) is 6.05. The van der Waals surface area contributed by atoms with Crippen LogP contribution in [0.15, 0.2) is 36.4 Å². The van der Waals surface area contributed by atoms with Crippen LogP contribution in [0.4, 0.5) is 8.78 Å². The topological polar surface area (TPSA) is 52.0 Å². The fourth-order valence-electron chi connectivity index (χ4n) is 4.42. The molecule has 1 fully saturated rings. The van der Waals surface area contributed by atoms with E-state index >= 15 is 0 Å². The van der Waals surface area contributed by atoms with E-state index in [4.69, 9.17) is 16.3 Å². The van der Waals surface area contributed by atoms with Gasteiger partial charge in [-0.3, -0.25) is 4.57 Å². The van der Waals surface area contributed by atoms with Crippen molar-refractivity contribution in [3.8, 4) is 11.4 Å². The highest BCUT2D eigenvalue weighted by Crippen LogP contribution is 2.36. The van der Waals surface area contributed by atoms with Crippen molar-refractivity contribution in [1.29, 1.82) is 0 Å². The summed E-state index contributed by atoms with van der Waals surface area (Å²) in [6.45, 7) is 1.37. The number of nitrogens with one attached hydrogen (secondary N) is 1. The van der Waals surface area contributed by atoms with Gasteiger partial charge in [-0.25, -0.2) is 8.78 Å². The Labute approximate surface area is 190 Å². The zero-order valence-electron chi connectivity index (χ0n) is 16.7. The zero-order chi connectivity index (χ0) is 20.7. The Hall–Kier alpha value is -2.22. The van der Waals surface area contributed by atoms with E-state index in [1.165, 1.54) is 12.1 Å². The Balaban J connectivity index is 0.00000231. The maximum absolute atomic E-state index is 13.4. The number of hydrogen-bond donors (Lipinski definition) is 1. The largest absolute Gasteiger partial charge is 0.490 e. The molecule has 0 bridgehead atoms. The Kier molecular flexibility index (Phi) is 6.46. The van der Waals surface area contributed by atoms with E-state index in [2.05, 4.69) is 20.1 Å². The van der Waals surface area contributed by atoms with Crippen molar-refractivity contribution in [3.63, 3.8) is 0 Å². The Morgan fingerprint density at radius 1 is 0.968 bits per heavy atom. The van der Waals surface area contributed by atoms with Gasteiger partial charge in [0.1, 0.15) is 23.2 Å². The van der Waals surface area contributed by atoms with Crippen LogP contribution in [0.2, 0.25) is 5.02 Å². The Morgan fingerprint density at radius 2 is 1.71 bits per heavy atom. The first-order chi connectivity index (χ1) is 14.6. The molecule has 0 saturated heterocycles. The Bertz CT molecular complexity index is 1060. The van der Waals surface area contributed by atoms with Gasteiger partial charge in [-0.15, -0.1) is 22.6 Å². The number of aromatic nitrogens is 3. The number of rotatable bonds is 3. The van der Waals surface area contributed by atoms with E-state index in [0.29, 0.717) is 11.6 Å². The summed E-state index contributed by atoms with van der Waals surface area (Å²) in [5.74, 6) is 1.07. The summed E-state index contributed by atoms with van der Waals surface area (Å²) < 4.78 is 34.8. The van der Waals surface area contributed by atoms with Crippen molar-refractivity contribution < 1.29 is 13.5 Å². The van der Waals surface area contributed by atoms with E-state index in [1.807, 2.05) is 18.2 Å². The van der Waals surface area contributed by atoms with E-state index in [-0.39, 0.29) is 30.2 Å². The van der Waals surface area contributed by atoms with Gasteiger partial charge < -0.3 is 10.1 Å². The van der Waals surface area contributed by atoms with Gasteiger partial charge in [-0.05, 0) is 49.4 Å². The second-order valence-electron chi connectivity index (χ2n) is 7.88. The van der Waals surface area contributed by atoms with E-state index in [1.54, 1.807) is 0 Å². The van der Waals surface area contributed by atoms with Crippen molar-refractivity contribution in [3.05, 3.63) is 70.3 Å². The standard InChI is InChI=1S/C22H21ClF2N4O.ClH/c23-15-3-6-20-14(7-15)11-26-12-21-27-28-22(29(20)21)13-1-4-18(5-2-13)30-19-9-16(24)8-17(25)10-19;/h3,6-10,13,18,26H,1-2,4-5,11-12H2;1H. The van der Waals surface area contributed by atoms with Gasteiger partial charge in [0.25, 0.3) is 0 Å². The predicted molar refractivity (Wildman–Crippen MR) is 116 cm³/mol. The molecule has 0 atom stereocenters. The molecule has 2 aromatic carbocycles. The average Bonchev–Trinajstić information content (AvgIpc) is 3.03. The first-order valence-electron chi connectivity index (χ1n) is 10.1. The molecule has 164 valence electrons. The fraction of sp³-hybridized carbons (Fsp3) is 0.364. The lowest BCUT2D eigenvalue weighted by Crippen LogP contribution is -2.25. The smallest absolute Gasteiger partial charge is 0.151 e. The molecule has 1 aromatic heterocycles. The molecule has 5 nitrogen and oxygen atoms in total. The average molecular weight is 467 g/mol. The van der Waals surface area contributed by atoms with Gasteiger partial charge in [0.2, 0.25) is 0 Å². The van der Waals surface area contributed by atoms with Gasteiger partial charge in [0.15, 0.2) is 5.82 Å². The zero-order valence-corrected chi connectivity index (χ0v) is 18.2. The molecular formula is C22H22Cl2F2N4O. The summed E-state index contributed by atoms with van der Waals surface area (Å²) in [4.78, 5) is 0. The first-order valence-corrected chi connectivity index (χ1v) is 10.5. The number of benzene rings is 2. The number of ether oxygens (including phenoxy) is 1. The highest BCUT2D eigenvalue weighted by atomic mass is 35.5. The summed E-state index contributed by atoms with van der Waals surface area (Å²) in [6.07, 6.45) is 3.25. The quantitative estimate of drug-likeness (QED) is 0.566. The molecule has 2 aliphatic rings. The van der Waals surface area contributed by atoms with Crippen LogP contribution in [0.1, 0.15) is 48.8 Å². The molecule has 0 radical (unpaired) electrons. The lowest BCUT2D eigenvalue weighted by Gasteiger charge is -2.29. The number of nitrogens with zero attached hydrogens (tertiary/aromatic N) is 3. The minimum atomic E-state index is -0.628. The van der Waals surface area contributed by atoms with Crippen LogP contribution in [0.5, 0.6) is 5.75 Å². The number of halogens is 4. The predicted octanol–water partition coefficient (Wildman–Crippen LogP) is 5.33. The molecule has 31 heavy (non-hydrogen) atoms. The molecule has 1 aliphatic carbocycles. The summed E-state index contributed by atoms with van der Waals surface area (Å²) in [7, 11) is 0. The monoisotopic (exact) mass is 466 g/mol. The van der Waals surface area contributed by atoms with Gasteiger partial charge in [-0.1, -0.05) is 11.6 Å². The molecule has 1 N–H and O–H groups in total. The summed E-state index contributed by atoms with van der Waals surface area (Å²) in [5.41, 5.74) is 2.18. The highest BCUT2D eigenvalue weighted by molar-refractivity contribution is 6.30. The van der Waals surface area contributed by atoms with E-state index in [0.717, 1.165) is 61.2 Å². The first kappa shape index (κ1) is 22.0. The van der Waals surface area contributed by atoms with Gasteiger partial charge in [0.05, 0.1) is 18.3 Å². The summed E-state index contributed by atoms with van der Waals surface area (Å²) >= 11 is 6.19. The molecule has 5 rings (SSSR count). The van der Waals surface area contributed by atoms with Crippen LogP contribution in [-0.2, 0) is 13.1 Å². The molecule has 0 amide bonds. The number of hydrogen-bond acceptors (Lipinski definition) is 4. The maximum Gasteiger partial charge on any atom is 0.151 e. The van der Waals surface area contributed by atoms with Crippen LogP contribution in [-0.4, -0.2) is 20.9 Å². The van der Waals surface area contributed by atoms with Crippen LogP contribution in [0.25, 0.3) is 5.69 Å². The highest BCUT2D eigenvalue weighted by Gasteiger charge is 2.30. The SMILES string of the molecule is Cl.Fc1cc(F)cc(OC2CCC(c3nnc4n3-c3ccc(Cl)cc3CNC4)CC2)c1. The van der Waals surface area contributed by atoms with E-state index in [9.17, 15) is 8.78 Å². The minimum Gasteiger partial charge on any atom is -0.490 e. The third kappa shape index (κ3) is 4.54. The minimum absolute atomic E-state index is 0. The molecule has 0 spiro atoms. The van der Waals surface area contributed by atoms with Crippen LogP contribution in [0, 0.1) is 11.6 Å². The van der Waals surface area contributed by atoms with Gasteiger partial charge >= 0.3 is 0 Å².